The van der Waals surface area contributed by atoms with Crippen molar-refractivity contribution in [1.82, 2.24) is 4.90 Å². The maximum atomic E-state index is 13.3. The number of carbonyl (C=O) groups is 3. The van der Waals surface area contributed by atoms with Crippen LogP contribution in [0.25, 0.3) is 0 Å². The van der Waals surface area contributed by atoms with Gasteiger partial charge in [-0.3, -0.25) is 14.4 Å². The third kappa shape index (κ3) is 3.57. The Bertz CT molecular complexity index is 960. The fourth-order valence-corrected chi connectivity index (χ4v) is 3.98. The highest BCUT2D eigenvalue weighted by atomic mass is 16.2. The van der Waals surface area contributed by atoms with Crippen molar-refractivity contribution < 1.29 is 14.4 Å². The van der Waals surface area contributed by atoms with E-state index in [9.17, 15) is 14.4 Å². The van der Waals surface area contributed by atoms with Gasteiger partial charge in [-0.1, -0.05) is 44.2 Å². The standard InChI is InChI=1S/C24H26N2O3/c1-15(2)17-8-10-19(11-9-17)26-22(27)14-21(24(26)29)25(18-12-13-18)23(28)20-7-5-4-6-16(20)3/h4-11,15,18,21H,12-14H2,1-3H3. The van der Waals surface area contributed by atoms with Crippen molar-refractivity contribution in [1.29, 1.82) is 0 Å². The van der Waals surface area contributed by atoms with E-state index in [0.717, 1.165) is 24.0 Å². The molecule has 2 aliphatic rings. The summed E-state index contributed by atoms with van der Waals surface area (Å²) in [6.45, 7) is 6.09. The van der Waals surface area contributed by atoms with Crippen molar-refractivity contribution >= 4 is 23.4 Å². The number of benzene rings is 2. The predicted octanol–water partition coefficient (Wildman–Crippen LogP) is 4.06. The molecule has 29 heavy (non-hydrogen) atoms. The number of nitrogens with zero attached hydrogens (tertiary/aromatic N) is 2. The van der Waals surface area contributed by atoms with Gasteiger partial charge < -0.3 is 4.90 Å². The number of aryl methyl sites for hydroxylation is 1. The fourth-order valence-electron chi connectivity index (χ4n) is 3.98. The van der Waals surface area contributed by atoms with Crippen molar-refractivity contribution in [2.75, 3.05) is 4.90 Å². The molecule has 0 radical (unpaired) electrons. The topological polar surface area (TPSA) is 57.7 Å². The van der Waals surface area contributed by atoms with Crippen molar-refractivity contribution in [2.24, 2.45) is 0 Å². The number of hydrogen-bond acceptors (Lipinski definition) is 3. The van der Waals surface area contributed by atoms with E-state index in [1.165, 1.54) is 4.90 Å². The Morgan fingerprint density at radius 1 is 1.03 bits per heavy atom. The molecule has 5 heteroatoms. The van der Waals surface area contributed by atoms with Gasteiger partial charge in [0.05, 0.1) is 12.1 Å². The molecule has 4 rings (SSSR count). The van der Waals surface area contributed by atoms with Crippen molar-refractivity contribution in [3.05, 3.63) is 65.2 Å². The molecule has 0 aromatic heterocycles. The molecular weight excluding hydrogens is 364 g/mol. The van der Waals surface area contributed by atoms with Gasteiger partial charge in [0.1, 0.15) is 6.04 Å². The molecule has 0 spiro atoms. The second-order valence-corrected chi connectivity index (χ2v) is 8.29. The third-order valence-electron chi connectivity index (χ3n) is 5.83. The molecule has 1 heterocycles. The van der Waals surface area contributed by atoms with E-state index in [2.05, 4.69) is 13.8 Å². The Kier molecular flexibility index (Phi) is 4.99. The van der Waals surface area contributed by atoms with Crippen LogP contribution in [0.3, 0.4) is 0 Å². The van der Waals surface area contributed by atoms with Gasteiger partial charge >= 0.3 is 0 Å². The molecule has 1 saturated heterocycles. The average molecular weight is 390 g/mol. The Hall–Kier alpha value is -2.95. The van der Waals surface area contributed by atoms with Crippen molar-refractivity contribution in [3.8, 4) is 0 Å². The van der Waals surface area contributed by atoms with Gasteiger partial charge in [-0.25, -0.2) is 4.90 Å². The van der Waals surface area contributed by atoms with Gasteiger partial charge in [-0.05, 0) is 55.0 Å². The first-order valence-electron chi connectivity index (χ1n) is 10.2. The van der Waals surface area contributed by atoms with Crippen LogP contribution < -0.4 is 4.90 Å². The molecule has 2 aromatic carbocycles. The summed E-state index contributed by atoms with van der Waals surface area (Å²) in [6, 6.07) is 14.2. The number of hydrogen-bond donors (Lipinski definition) is 0. The Labute approximate surface area is 171 Å². The maximum absolute atomic E-state index is 13.3. The van der Waals surface area contributed by atoms with Crippen LogP contribution in [0.5, 0.6) is 0 Å². The van der Waals surface area contributed by atoms with E-state index in [-0.39, 0.29) is 30.2 Å². The molecule has 0 bridgehead atoms. The highest BCUT2D eigenvalue weighted by Gasteiger charge is 2.49. The number of imide groups is 1. The van der Waals surface area contributed by atoms with Crippen LogP contribution in [0.2, 0.25) is 0 Å². The minimum atomic E-state index is -0.730. The smallest absolute Gasteiger partial charge is 0.257 e. The lowest BCUT2D eigenvalue weighted by Gasteiger charge is -2.28. The molecule has 1 atom stereocenters. The number of amides is 3. The largest absolute Gasteiger partial charge is 0.323 e. The van der Waals surface area contributed by atoms with Gasteiger partial charge in [0, 0.05) is 11.6 Å². The minimum Gasteiger partial charge on any atom is -0.323 e. The fraction of sp³-hybridized carbons (Fsp3) is 0.375. The van der Waals surface area contributed by atoms with E-state index < -0.39 is 6.04 Å². The molecule has 1 aliphatic carbocycles. The summed E-state index contributed by atoms with van der Waals surface area (Å²) >= 11 is 0. The van der Waals surface area contributed by atoms with Crippen LogP contribution in [-0.2, 0) is 9.59 Å². The normalized spacial score (nSPS) is 19.2. The molecule has 5 nitrogen and oxygen atoms in total. The lowest BCUT2D eigenvalue weighted by Crippen LogP contribution is -2.47. The molecule has 2 fully saturated rings. The van der Waals surface area contributed by atoms with Crippen LogP contribution in [-0.4, -0.2) is 34.7 Å². The first-order chi connectivity index (χ1) is 13.9. The molecular formula is C24H26N2O3. The Morgan fingerprint density at radius 2 is 1.69 bits per heavy atom. The second kappa shape index (κ2) is 7.47. The quantitative estimate of drug-likeness (QED) is 0.724. The number of anilines is 1. The predicted molar refractivity (Wildman–Crippen MR) is 112 cm³/mol. The molecule has 150 valence electrons. The molecule has 0 N–H and O–H groups in total. The van der Waals surface area contributed by atoms with Crippen LogP contribution >= 0.6 is 0 Å². The van der Waals surface area contributed by atoms with Gasteiger partial charge in [-0.15, -0.1) is 0 Å². The average Bonchev–Trinajstić information content (AvgIpc) is 3.48. The van der Waals surface area contributed by atoms with Crippen LogP contribution in [0.15, 0.2) is 48.5 Å². The monoisotopic (exact) mass is 390 g/mol. The summed E-state index contributed by atoms with van der Waals surface area (Å²) in [4.78, 5) is 42.2. The first kappa shape index (κ1) is 19.4. The van der Waals surface area contributed by atoms with Crippen LogP contribution in [0.4, 0.5) is 5.69 Å². The molecule has 1 saturated carbocycles. The summed E-state index contributed by atoms with van der Waals surface area (Å²) in [5, 5.41) is 0. The second-order valence-electron chi connectivity index (χ2n) is 8.29. The Balaban J connectivity index is 1.62. The van der Waals surface area contributed by atoms with E-state index in [4.69, 9.17) is 0 Å². The first-order valence-corrected chi connectivity index (χ1v) is 10.2. The van der Waals surface area contributed by atoms with Gasteiger partial charge in [-0.2, -0.15) is 0 Å². The highest BCUT2D eigenvalue weighted by molar-refractivity contribution is 6.23. The lowest BCUT2D eigenvalue weighted by molar-refractivity contribution is -0.122. The SMILES string of the molecule is Cc1ccccc1C(=O)N(C1CC1)C1CC(=O)N(c2ccc(C(C)C)cc2)C1=O. The van der Waals surface area contributed by atoms with Gasteiger partial charge in [0.15, 0.2) is 0 Å². The number of carbonyl (C=O) groups excluding carboxylic acids is 3. The van der Waals surface area contributed by atoms with Crippen LogP contribution in [0, 0.1) is 6.92 Å². The van der Waals surface area contributed by atoms with Crippen molar-refractivity contribution in [3.63, 3.8) is 0 Å². The zero-order chi connectivity index (χ0) is 20.7. The highest BCUT2D eigenvalue weighted by Crippen LogP contribution is 2.35. The van der Waals surface area contributed by atoms with Gasteiger partial charge in [0.2, 0.25) is 5.91 Å². The summed E-state index contributed by atoms with van der Waals surface area (Å²) in [6.07, 6.45) is 1.79. The Morgan fingerprint density at radius 3 is 2.28 bits per heavy atom. The van der Waals surface area contributed by atoms with Crippen molar-refractivity contribution in [2.45, 2.75) is 58.0 Å². The summed E-state index contributed by atoms with van der Waals surface area (Å²) in [7, 11) is 0. The zero-order valence-electron chi connectivity index (χ0n) is 17.1. The van der Waals surface area contributed by atoms with E-state index in [1.54, 1.807) is 11.0 Å². The van der Waals surface area contributed by atoms with Crippen LogP contribution in [0.1, 0.15) is 60.5 Å². The summed E-state index contributed by atoms with van der Waals surface area (Å²) < 4.78 is 0. The van der Waals surface area contributed by atoms with E-state index in [1.807, 2.05) is 49.4 Å². The maximum Gasteiger partial charge on any atom is 0.257 e. The molecule has 1 unspecified atom stereocenters. The van der Waals surface area contributed by atoms with E-state index in [0.29, 0.717) is 17.2 Å². The van der Waals surface area contributed by atoms with E-state index >= 15 is 0 Å². The minimum absolute atomic E-state index is 0.0344. The molecule has 2 aromatic rings. The molecule has 1 aliphatic heterocycles. The van der Waals surface area contributed by atoms with Gasteiger partial charge in [0.25, 0.3) is 11.8 Å². The lowest BCUT2D eigenvalue weighted by atomic mass is 10.0. The summed E-state index contributed by atoms with van der Waals surface area (Å²) in [5.74, 6) is -0.339. The third-order valence-corrected chi connectivity index (χ3v) is 5.83. The molecule has 3 amide bonds. The summed E-state index contributed by atoms with van der Waals surface area (Å²) in [5.41, 5.74) is 3.20. The number of rotatable bonds is 5. The zero-order valence-corrected chi connectivity index (χ0v) is 17.1.